The van der Waals surface area contributed by atoms with Crippen molar-refractivity contribution in [1.29, 1.82) is 0 Å². The van der Waals surface area contributed by atoms with Gasteiger partial charge in [-0.05, 0) is 30.3 Å². The first kappa shape index (κ1) is 14.8. The maximum atomic E-state index is 12.2. The standard InChI is InChI=1S/C14H12ClN3O3/c15-10-3-1-5-12(7-10)18(9-13(19)20)14(21)17-11-4-2-6-16-8-11/h1-8H,9H2,(H,17,21)(H,19,20). The number of carbonyl (C=O) groups excluding carboxylic acids is 1. The molecule has 108 valence electrons. The number of pyridine rings is 1. The van der Waals surface area contributed by atoms with Gasteiger partial charge in [0, 0.05) is 16.9 Å². The van der Waals surface area contributed by atoms with Crippen LogP contribution in [0.5, 0.6) is 0 Å². The zero-order valence-corrected chi connectivity index (χ0v) is 11.6. The molecule has 0 unspecified atom stereocenters. The molecule has 1 heterocycles. The van der Waals surface area contributed by atoms with Crippen molar-refractivity contribution in [2.24, 2.45) is 0 Å². The van der Waals surface area contributed by atoms with E-state index in [9.17, 15) is 9.59 Å². The molecule has 0 atom stereocenters. The van der Waals surface area contributed by atoms with E-state index in [1.165, 1.54) is 12.3 Å². The molecule has 2 aromatic rings. The van der Waals surface area contributed by atoms with Gasteiger partial charge in [-0.3, -0.25) is 14.7 Å². The number of carboxylic acids is 1. The monoisotopic (exact) mass is 305 g/mol. The molecular formula is C14H12ClN3O3. The Morgan fingerprint density at radius 1 is 1.29 bits per heavy atom. The average molecular weight is 306 g/mol. The summed E-state index contributed by atoms with van der Waals surface area (Å²) in [5.74, 6) is -1.13. The van der Waals surface area contributed by atoms with Crippen molar-refractivity contribution < 1.29 is 14.7 Å². The lowest BCUT2D eigenvalue weighted by atomic mass is 10.3. The Morgan fingerprint density at radius 3 is 2.71 bits per heavy atom. The first-order chi connectivity index (χ1) is 10.1. The number of anilines is 2. The van der Waals surface area contributed by atoms with Crippen LogP contribution in [0.3, 0.4) is 0 Å². The fourth-order valence-electron chi connectivity index (χ4n) is 1.69. The number of amides is 2. The van der Waals surface area contributed by atoms with E-state index in [0.717, 1.165) is 4.90 Å². The van der Waals surface area contributed by atoms with Crippen LogP contribution in [0.1, 0.15) is 0 Å². The number of rotatable bonds is 4. The molecule has 0 saturated carbocycles. The van der Waals surface area contributed by atoms with Crippen LogP contribution in [0.15, 0.2) is 48.8 Å². The van der Waals surface area contributed by atoms with Crippen molar-refractivity contribution >= 4 is 35.0 Å². The van der Waals surface area contributed by atoms with E-state index in [1.54, 1.807) is 36.5 Å². The molecule has 0 aliphatic rings. The maximum absolute atomic E-state index is 12.2. The van der Waals surface area contributed by atoms with Gasteiger partial charge in [0.2, 0.25) is 0 Å². The molecule has 0 spiro atoms. The van der Waals surface area contributed by atoms with Crippen LogP contribution in [0.25, 0.3) is 0 Å². The lowest BCUT2D eigenvalue weighted by Crippen LogP contribution is -2.38. The Bertz CT molecular complexity index is 649. The number of nitrogens with one attached hydrogen (secondary N) is 1. The van der Waals surface area contributed by atoms with E-state index in [0.29, 0.717) is 16.4 Å². The highest BCUT2D eigenvalue weighted by Gasteiger charge is 2.19. The topological polar surface area (TPSA) is 82.5 Å². The summed E-state index contributed by atoms with van der Waals surface area (Å²) in [6, 6.07) is 9.16. The Labute approximate surface area is 126 Å². The molecule has 2 rings (SSSR count). The van der Waals surface area contributed by atoms with Crippen LogP contribution in [0, 0.1) is 0 Å². The predicted octanol–water partition coefficient (Wildman–Crippen LogP) is 2.86. The second kappa shape index (κ2) is 6.71. The van der Waals surface area contributed by atoms with Crippen molar-refractivity contribution in [2.45, 2.75) is 0 Å². The molecule has 0 saturated heterocycles. The summed E-state index contributed by atoms with van der Waals surface area (Å²) in [6.07, 6.45) is 3.04. The van der Waals surface area contributed by atoms with Gasteiger partial charge < -0.3 is 10.4 Å². The highest BCUT2D eigenvalue weighted by atomic mass is 35.5. The first-order valence-electron chi connectivity index (χ1n) is 6.02. The summed E-state index contributed by atoms with van der Waals surface area (Å²) in [7, 11) is 0. The third-order valence-corrected chi connectivity index (χ3v) is 2.81. The molecule has 21 heavy (non-hydrogen) atoms. The molecule has 2 N–H and O–H groups in total. The zero-order valence-electron chi connectivity index (χ0n) is 10.9. The summed E-state index contributed by atoms with van der Waals surface area (Å²) >= 11 is 5.87. The summed E-state index contributed by atoms with van der Waals surface area (Å²) in [5, 5.41) is 12.0. The van der Waals surface area contributed by atoms with E-state index < -0.39 is 18.5 Å². The number of benzene rings is 1. The van der Waals surface area contributed by atoms with E-state index in [-0.39, 0.29) is 0 Å². The number of carbonyl (C=O) groups is 2. The number of hydrogen-bond acceptors (Lipinski definition) is 3. The number of carboxylic acid groups (broad SMARTS) is 1. The Kier molecular flexibility index (Phi) is 4.73. The maximum Gasteiger partial charge on any atom is 0.326 e. The summed E-state index contributed by atoms with van der Waals surface area (Å²) in [6.45, 7) is -0.480. The third kappa shape index (κ3) is 4.19. The molecule has 1 aromatic heterocycles. The number of urea groups is 1. The molecule has 0 aliphatic heterocycles. The van der Waals surface area contributed by atoms with E-state index >= 15 is 0 Å². The van der Waals surface area contributed by atoms with Gasteiger partial charge in [0.1, 0.15) is 6.54 Å². The van der Waals surface area contributed by atoms with Gasteiger partial charge in [-0.25, -0.2) is 4.79 Å². The fourth-order valence-corrected chi connectivity index (χ4v) is 1.87. The molecule has 0 bridgehead atoms. The van der Waals surface area contributed by atoms with Crippen LogP contribution < -0.4 is 10.2 Å². The Hall–Kier alpha value is -2.60. The highest BCUT2D eigenvalue weighted by Crippen LogP contribution is 2.20. The second-order valence-electron chi connectivity index (χ2n) is 4.13. The molecule has 6 nitrogen and oxygen atoms in total. The lowest BCUT2D eigenvalue weighted by molar-refractivity contribution is -0.135. The fraction of sp³-hybridized carbons (Fsp3) is 0.0714. The van der Waals surface area contributed by atoms with Crippen molar-refractivity contribution in [2.75, 3.05) is 16.8 Å². The van der Waals surface area contributed by atoms with Gasteiger partial charge in [0.05, 0.1) is 11.9 Å². The quantitative estimate of drug-likeness (QED) is 0.910. The minimum atomic E-state index is -1.13. The summed E-state index contributed by atoms with van der Waals surface area (Å²) in [5.41, 5.74) is 0.867. The minimum absolute atomic E-state index is 0.395. The van der Waals surface area contributed by atoms with Crippen molar-refractivity contribution in [3.05, 3.63) is 53.8 Å². The van der Waals surface area contributed by atoms with Gasteiger partial charge in [0.25, 0.3) is 0 Å². The van der Waals surface area contributed by atoms with Crippen LogP contribution in [0.4, 0.5) is 16.2 Å². The van der Waals surface area contributed by atoms with Gasteiger partial charge in [-0.1, -0.05) is 17.7 Å². The highest BCUT2D eigenvalue weighted by molar-refractivity contribution is 6.31. The van der Waals surface area contributed by atoms with Crippen molar-refractivity contribution in [3.63, 3.8) is 0 Å². The SMILES string of the molecule is O=C(O)CN(C(=O)Nc1cccnc1)c1cccc(Cl)c1. The zero-order chi connectivity index (χ0) is 15.2. The largest absolute Gasteiger partial charge is 0.480 e. The number of halogens is 1. The Morgan fingerprint density at radius 2 is 2.10 bits per heavy atom. The van der Waals surface area contributed by atoms with Crippen molar-refractivity contribution in [1.82, 2.24) is 4.98 Å². The van der Waals surface area contributed by atoms with Crippen LogP contribution >= 0.6 is 11.6 Å². The molecule has 0 aliphatic carbocycles. The van der Waals surface area contributed by atoms with Crippen LogP contribution in [-0.4, -0.2) is 28.6 Å². The van der Waals surface area contributed by atoms with Crippen molar-refractivity contribution in [3.8, 4) is 0 Å². The molecule has 0 radical (unpaired) electrons. The summed E-state index contributed by atoms with van der Waals surface area (Å²) in [4.78, 5) is 28.2. The van der Waals surface area contributed by atoms with E-state index in [2.05, 4.69) is 10.3 Å². The lowest BCUT2D eigenvalue weighted by Gasteiger charge is -2.21. The third-order valence-electron chi connectivity index (χ3n) is 2.57. The van der Waals surface area contributed by atoms with E-state index in [1.807, 2.05) is 0 Å². The normalized spacial score (nSPS) is 9.95. The molecular weight excluding hydrogens is 294 g/mol. The number of hydrogen-bond donors (Lipinski definition) is 2. The Balaban J connectivity index is 2.23. The van der Waals surface area contributed by atoms with E-state index in [4.69, 9.17) is 16.7 Å². The summed E-state index contributed by atoms with van der Waals surface area (Å²) < 4.78 is 0. The predicted molar refractivity (Wildman–Crippen MR) is 79.7 cm³/mol. The number of aliphatic carboxylic acids is 1. The average Bonchev–Trinajstić information content (AvgIpc) is 2.45. The number of nitrogens with zero attached hydrogens (tertiary/aromatic N) is 2. The van der Waals surface area contributed by atoms with Gasteiger partial charge in [-0.15, -0.1) is 0 Å². The first-order valence-corrected chi connectivity index (χ1v) is 6.40. The minimum Gasteiger partial charge on any atom is -0.480 e. The molecule has 1 aromatic carbocycles. The molecule has 7 heteroatoms. The molecule has 2 amide bonds. The molecule has 0 fully saturated rings. The van der Waals surface area contributed by atoms with Gasteiger partial charge in [0.15, 0.2) is 0 Å². The second-order valence-corrected chi connectivity index (χ2v) is 4.57. The number of aromatic nitrogens is 1. The smallest absolute Gasteiger partial charge is 0.326 e. The van der Waals surface area contributed by atoms with Gasteiger partial charge in [-0.2, -0.15) is 0 Å². The van der Waals surface area contributed by atoms with Crippen LogP contribution in [-0.2, 0) is 4.79 Å². The van der Waals surface area contributed by atoms with Gasteiger partial charge >= 0.3 is 12.0 Å². The van der Waals surface area contributed by atoms with Crippen LogP contribution in [0.2, 0.25) is 5.02 Å².